The summed E-state index contributed by atoms with van der Waals surface area (Å²) in [6.45, 7) is 4.34. The van der Waals surface area contributed by atoms with E-state index in [1.165, 1.54) is 0 Å². The largest absolute Gasteiger partial charge is 0.370 e. The second-order valence-electron chi connectivity index (χ2n) is 4.58. The van der Waals surface area contributed by atoms with Crippen LogP contribution in [0, 0.1) is 13.8 Å². The molecule has 1 aliphatic rings. The highest BCUT2D eigenvalue weighted by molar-refractivity contribution is 6.03. The molecule has 2 rings (SSSR count). The first-order valence-corrected chi connectivity index (χ1v) is 5.93. The van der Waals surface area contributed by atoms with Crippen LogP contribution in [-0.2, 0) is 9.59 Å². The molecule has 1 atom stereocenters. The molecule has 4 N–H and O–H groups in total. The zero-order valence-corrected chi connectivity index (χ0v) is 10.5. The zero-order chi connectivity index (χ0) is 13.3. The Balaban J connectivity index is 2.22. The molecular weight excluding hydrogens is 230 g/mol. The first kappa shape index (κ1) is 12.6. The van der Waals surface area contributed by atoms with Gasteiger partial charge in [0.1, 0.15) is 6.04 Å². The minimum atomic E-state index is -0.390. The predicted octanol–water partition coefficient (Wildman–Crippen LogP) is 0.762. The van der Waals surface area contributed by atoms with Gasteiger partial charge in [0.05, 0.1) is 0 Å². The highest BCUT2D eigenvalue weighted by Crippen LogP contribution is 2.35. The number of anilines is 1. The number of fused-ring (bicyclic) bond motifs is 1. The van der Waals surface area contributed by atoms with Crippen LogP contribution in [0.5, 0.6) is 0 Å². The third-order valence-electron chi connectivity index (χ3n) is 3.19. The fraction of sp³-hybridized carbons (Fsp3) is 0.385. The van der Waals surface area contributed by atoms with Crippen molar-refractivity contribution < 1.29 is 9.59 Å². The number of hydrogen-bond donors (Lipinski definition) is 3. The fourth-order valence-electron chi connectivity index (χ4n) is 2.23. The normalized spacial score (nSPS) is 17.4. The molecule has 0 fully saturated rings. The number of nitrogens with one attached hydrogen (secondary N) is 2. The van der Waals surface area contributed by atoms with Crippen molar-refractivity contribution in [1.29, 1.82) is 0 Å². The Bertz CT molecular complexity index is 511. The first-order chi connectivity index (χ1) is 8.50. The van der Waals surface area contributed by atoms with E-state index in [-0.39, 0.29) is 24.3 Å². The third kappa shape index (κ3) is 2.22. The standard InChI is InChI=1S/C13H17N3O2/c1-7-3-4-8(2)11-10(7)12(13(18)16-11)15-6-5-9(14)17/h3-4,12,15H,5-6H2,1-2H3,(H2,14,17)(H,16,18). The van der Waals surface area contributed by atoms with E-state index in [9.17, 15) is 9.59 Å². The van der Waals surface area contributed by atoms with Crippen molar-refractivity contribution in [3.05, 3.63) is 28.8 Å². The molecule has 1 heterocycles. The summed E-state index contributed by atoms with van der Waals surface area (Å²) in [5.41, 5.74) is 9.05. The average molecular weight is 247 g/mol. The number of carbonyl (C=O) groups excluding carboxylic acids is 2. The number of hydrogen-bond acceptors (Lipinski definition) is 3. The van der Waals surface area contributed by atoms with Gasteiger partial charge in [-0.05, 0) is 25.0 Å². The van der Waals surface area contributed by atoms with Gasteiger partial charge in [0.25, 0.3) is 0 Å². The summed E-state index contributed by atoms with van der Waals surface area (Å²) in [4.78, 5) is 22.6. The van der Waals surface area contributed by atoms with Crippen LogP contribution in [0.3, 0.4) is 0 Å². The summed E-state index contributed by atoms with van der Waals surface area (Å²) in [6, 6.07) is 3.59. The van der Waals surface area contributed by atoms with Gasteiger partial charge < -0.3 is 16.4 Å². The molecule has 0 aliphatic carbocycles. The van der Waals surface area contributed by atoms with Crippen molar-refractivity contribution in [3.63, 3.8) is 0 Å². The molecule has 0 saturated heterocycles. The maximum atomic E-state index is 11.9. The first-order valence-electron chi connectivity index (χ1n) is 5.93. The van der Waals surface area contributed by atoms with Gasteiger partial charge in [-0.1, -0.05) is 12.1 Å². The van der Waals surface area contributed by atoms with Crippen LogP contribution >= 0.6 is 0 Å². The van der Waals surface area contributed by atoms with Gasteiger partial charge >= 0.3 is 0 Å². The van der Waals surface area contributed by atoms with E-state index in [1.54, 1.807) is 0 Å². The minimum absolute atomic E-state index is 0.0770. The zero-order valence-electron chi connectivity index (χ0n) is 10.5. The van der Waals surface area contributed by atoms with Crippen molar-refractivity contribution in [1.82, 2.24) is 5.32 Å². The Labute approximate surface area is 106 Å². The SMILES string of the molecule is Cc1ccc(C)c2c1NC(=O)C2NCCC(N)=O. The number of benzene rings is 1. The molecule has 18 heavy (non-hydrogen) atoms. The summed E-state index contributed by atoms with van der Waals surface area (Å²) in [5.74, 6) is -0.450. The number of amides is 2. The average Bonchev–Trinajstić information content (AvgIpc) is 2.63. The van der Waals surface area contributed by atoms with Crippen molar-refractivity contribution in [2.24, 2.45) is 5.73 Å². The fourth-order valence-corrected chi connectivity index (χ4v) is 2.23. The molecular formula is C13H17N3O2. The Morgan fingerprint density at radius 1 is 1.39 bits per heavy atom. The summed E-state index contributed by atoms with van der Waals surface area (Å²) < 4.78 is 0. The van der Waals surface area contributed by atoms with E-state index in [1.807, 2.05) is 26.0 Å². The predicted molar refractivity (Wildman–Crippen MR) is 69.1 cm³/mol. The Kier molecular flexibility index (Phi) is 3.34. The molecule has 1 aromatic carbocycles. The quantitative estimate of drug-likeness (QED) is 0.734. The van der Waals surface area contributed by atoms with Gasteiger partial charge in [-0.15, -0.1) is 0 Å². The molecule has 1 unspecified atom stereocenters. The van der Waals surface area contributed by atoms with Crippen molar-refractivity contribution in [2.45, 2.75) is 26.3 Å². The van der Waals surface area contributed by atoms with E-state index >= 15 is 0 Å². The third-order valence-corrected chi connectivity index (χ3v) is 3.19. The lowest BCUT2D eigenvalue weighted by molar-refractivity contribution is -0.119. The molecule has 5 nitrogen and oxygen atoms in total. The lowest BCUT2D eigenvalue weighted by atomic mass is 9.99. The molecule has 1 aliphatic heterocycles. The van der Waals surface area contributed by atoms with Crippen LogP contribution in [0.2, 0.25) is 0 Å². The van der Waals surface area contributed by atoms with E-state index in [0.29, 0.717) is 6.54 Å². The van der Waals surface area contributed by atoms with E-state index in [0.717, 1.165) is 22.4 Å². The summed E-state index contributed by atoms with van der Waals surface area (Å²) >= 11 is 0. The monoisotopic (exact) mass is 247 g/mol. The second-order valence-corrected chi connectivity index (χ2v) is 4.58. The highest BCUT2D eigenvalue weighted by Gasteiger charge is 2.32. The van der Waals surface area contributed by atoms with Crippen LogP contribution < -0.4 is 16.4 Å². The number of primary amides is 1. The highest BCUT2D eigenvalue weighted by atomic mass is 16.2. The van der Waals surface area contributed by atoms with Crippen LogP contribution in [0.1, 0.15) is 29.2 Å². The van der Waals surface area contributed by atoms with Crippen LogP contribution in [0.15, 0.2) is 12.1 Å². The second kappa shape index (κ2) is 4.78. The van der Waals surface area contributed by atoms with E-state index in [2.05, 4.69) is 10.6 Å². The van der Waals surface area contributed by atoms with Gasteiger partial charge in [0, 0.05) is 24.2 Å². The summed E-state index contributed by atoms with van der Waals surface area (Å²) in [6.07, 6.45) is 0.226. The van der Waals surface area contributed by atoms with Gasteiger partial charge in [-0.2, -0.15) is 0 Å². The van der Waals surface area contributed by atoms with Crippen molar-refractivity contribution in [3.8, 4) is 0 Å². The number of nitrogens with two attached hydrogens (primary N) is 1. The Hall–Kier alpha value is -1.88. The molecule has 96 valence electrons. The van der Waals surface area contributed by atoms with Crippen molar-refractivity contribution >= 4 is 17.5 Å². The van der Waals surface area contributed by atoms with Gasteiger partial charge in [0.2, 0.25) is 11.8 Å². The Morgan fingerprint density at radius 2 is 2.06 bits per heavy atom. The van der Waals surface area contributed by atoms with Gasteiger partial charge in [-0.25, -0.2) is 0 Å². The van der Waals surface area contributed by atoms with Crippen LogP contribution in [0.25, 0.3) is 0 Å². The van der Waals surface area contributed by atoms with Gasteiger partial charge in [-0.3, -0.25) is 9.59 Å². The number of aryl methyl sites for hydroxylation is 2. The molecule has 5 heteroatoms. The lowest BCUT2D eigenvalue weighted by Crippen LogP contribution is -2.30. The number of carbonyl (C=O) groups is 2. The molecule has 0 spiro atoms. The van der Waals surface area contributed by atoms with E-state index in [4.69, 9.17) is 5.73 Å². The van der Waals surface area contributed by atoms with Crippen molar-refractivity contribution in [2.75, 3.05) is 11.9 Å². The Morgan fingerprint density at radius 3 is 2.72 bits per heavy atom. The summed E-state index contributed by atoms with van der Waals surface area (Å²) in [5, 5.41) is 5.95. The number of rotatable bonds is 4. The topological polar surface area (TPSA) is 84.2 Å². The molecule has 0 aromatic heterocycles. The minimum Gasteiger partial charge on any atom is -0.370 e. The van der Waals surface area contributed by atoms with E-state index < -0.39 is 0 Å². The lowest BCUT2D eigenvalue weighted by Gasteiger charge is -2.13. The molecule has 0 radical (unpaired) electrons. The maximum absolute atomic E-state index is 11.9. The maximum Gasteiger partial charge on any atom is 0.246 e. The smallest absolute Gasteiger partial charge is 0.246 e. The molecule has 2 amide bonds. The van der Waals surface area contributed by atoms with Gasteiger partial charge in [0.15, 0.2) is 0 Å². The molecule has 0 saturated carbocycles. The van der Waals surface area contributed by atoms with Crippen LogP contribution in [0.4, 0.5) is 5.69 Å². The molecule has 1 aromatic rings. The van der Waals surface area contributed by atoms with Crippen LogP contribution in [-0.4, -0.2) is 18.4 Å². The molecule has 0 bridgehead atoms. The summed E-state index contributed by atoms with van der Waals surface area (Å²) in [7, 11) is 0.